The molecule has 1 aromatic carbocycles. The van der Waals surface area contributed by atoms with Gasteiger partial charge in [-0.25, -0.2) is 0 Å². The van der Waals surface area contributed by atoms with E-state index in [1.54, 1.807) is 23.5 Å². The second-order valence-corrected chi connectivity index (χ2v) is 5.31. The van der Waals surface area contributed by atoms with Crippen LogP contribution in [0, 0.1) is 6.92 Å². The fourth-order valence-corrected chi connectivity index (χ4v) is 2.37. The molecule has 0 amide bonds. The van der Waals surface area contributed by atoms with Crippen molar-refractivity contribution < 1.29 is 17.9 Å². The Labute approximate surface area is 112 Å². The zero-order chi connectivity index (χ0) is 13.9. The average Bonchev–Trinajstić information content (AvgIpc) is 2.72. The number of ether oxygens (including phenoxy) is 1. The predicted molar refractivity (Wildman–Crippen MR) is 69.5 cm³/mol. The number of hydrogen-bond acceptors (Lipinski definition) is 3. The van der Waals surface area contributed by atoms with Gasteiger partial charge in [0.2, 0.25) is 0 Å². The van der Waals surface area contributed by atoms with Gasteiger partial charge in [0, 0.05) is 22.0 Å². The van der Waals surface area contributed by atoms with E-state index in [1.807, 2.05) is 19.1 Å². The third kappa shape index (κ3) is 4.48. The van der Waals surface area contributed by atoms with Crippen LogP contribution in [0.1, 0.15) is 9.75 Å². The van der Waals surface area contributed by atoms with Crippen molar-refractivity contribution >= 4 is 17.0 Å². The Morgan fingerprint density at radius 1 is 1.11 bits per heavy atom. The highest BCUT2D eigenvalue weighted by atomic mass is 32.1. The summed E-state index contributed by atoms with van der Waals surface area (Å²) in [4.78, 5) is 2.40. The zero-order valence-corrected chi connectivity index (χ0v) is 10.9. The van der Waals surface area contributed by atoms with Crippen molar-refractivity contribution in [1.29, 1.82) is 0 Å². The molecule has 1 N–H and O–H groups in total. The van der Waals surface area contributed by atoms with Crippen molar-refractivity contribution in [2.75, 3.05) is 5.32 Å². The van der Waals surface area contributed by atoms with Crippen molar-refractivity contribution in [3.8, 4) is 5.75 Å². The van der Waals surface area contributed by atoms with Gasteiger partial charge in [-0.1, -0.05) is 0 Å². The van der Waals surface area contributed by atoms with E-state index >= 15 is 0 Å². The van der Waals surface area contributed by atoms with Gasteiger partial charge in [-0.05, 0) is 43.3 Å². The van der Waals surface area contributed by atoms with Gasteiger partial charge < -0.3 is 10.1 Å². The van der Waals surface area contributed by atoms with E-state index in [4.69, 9.17) is 0 Å². The summed E-state index contributed by atoms with van der Waals surface area (Å²) in [5, 5.41) is 3.14. The monoisotopic (exact) mass is 287 g/mol. The highest BCUT2D eigenvalue weighted by Crippen LogP contribution is 2.24. The second kappa shape index (κ2) is 5.52. The van der Waals surface area contributed by atoms with Crippen LogP contribution < -0.4 is 10.1 Å². The molecule has 1 heterocycles. The van der Waals surface area contributed by atoms with Crippen molar-refractivity contribution in [2.24, 2.45) is 0 Å². The molecule has 6 heteroatoms. The molecular formula is C13H12F3NOS. The number of aryl methyl sites for hydroxylation is 1. The Morgan fingerprint density at radius 3 is 2.32 bits per heavy atom. The standard InChI is InChI=1S/C13H12F3NOS/c1-9-2-7-12(19-9)8-17-10-3-5-11(6-4-10)18-13(14,15)16/h2-7,17H,8H2,1H3. The molecule has 2 rings (SSSR count). The second-order valence-electron chi connectivity index (χ2n) is 3.94. The lowest BCUT2D eigenvalue weighted by Gasteiger charge is -2.10. The number of rotatable bonds is 4. The highest BCUT2D eigenvalue weighted by Gasteiger charge is 2.30. The fraction of sp³-hybridized carbons (Fsp3) is 0.231. The van der Waals surface area contributed by atoms with Gasteiger partial charge >= 0.3 is 6.36 Å². The quantitative estimate of drug-likeness (QED) is 0.889. The van der Waals surface area contributed by atoms with Gasteiger partial charge in [-0.2, -0.15) is 0 Å². The summed E-state index contributed by atoms with van der Waals surface area (Å²) < 4.78 is 39.7. The number of nitrogens with one attached hydrogen (secondary N) is 1. The fourth-order valence-electron chi connectivity index (χ4n) is 1.54. The van der Waals surface area contributed by atoms with Crippen LogP contribution in [0.25, 0.3) is 0 Å². The molecule has 0 aliphatic rings. The van der Waals surface area contributed by atoms with Gasteiger partial charge in [-0.3, -0.25) is 0 Å². The van der Waals surface area contributed by atoms with Crippen LogP contribution in [0.5, 0.6) is 5.75 Å². The topological polar surface area (TPSA) is 21.3 Å². The smallest absolute Gasteiger partial charge is 0.406 e. The van der Waals surface area contributed by atoms with Crippen LogP contribution in [-0.2, 0) is 6.54 Å². The first-order valence-electron chi connectivity index (χ1n) is 5.57. The molecule has 2 nitrogen and oxygen atoms in total. The minimum absolute atomic E-state index is 0.218. The third-order valence-corrected chi connectivity index (χ3v) is 3.35. The van der Waals surface area contributed by atoms with Gasteiger partial charge in [-0.15, -0.1) is 24.5 Å². The Balaban J connectivity index is 1.91. The van der Waals surface area contributed by atoms with Gasteiger partial charge in [0.1, 0.15) is 5.75 Å². The number of hydrogen-bond donors (Lipinski definition) is 1. The summed E-state index contributed by atoms with van der Waals surface area (Å²) in [5.41, 5.74) is 0.751. The lowest BCUT2D eigenvalue weighted by molar-refractivity contribution is -0.274. The first-order chi connectivity index (χ1) is 8.92. The molecule has 0 aliphatic carbocycles. The normalized spacial score (nSPS) is 11.4. The van der Waals surface area contributed by atoms with E-state index in [0.717, 1.165) is 5.69 Å². The maximum atomic E-state index is 12.0. The Morgan fingerprint density at radius 2 is 1.79 bits per heavy atom. The van der Waals surface area contributed by atoms with E-state index in [2.05, 4.69) is 10.1 Å². The third-order valence-electron chi connectivity index (χ3n) is 2.35. The molecule has 2 aromatic rings. The molecule has 0 saturated heterocycles. The number of alkyl halides is 3. The first-order valence-corrected chi connectivity index (χ1v) is 6.39. The Hall–Kier alpha value is -1.69. The first kappa shape index (κ1) is 13.7. The molecule has 0 atom stereocenters. The Bertz CT molecular complexity index is 534. The average molecular weight is 287 g/mol. The van der Waals surface area contributed by atoms with Crippen LogP contribution in [-0.4, -0.2) is 6.36 Å². The van der Waals surface area contributed by atoms with E-state index < -0.39 is 6.36 Å². The van der Waals surface area contributed by atoms with Crippen LogP contribution >= 0.6 is 11.3 Å². The van der Waals surface area contributed by atoms with E-state index in [9.17, 15) is 13.2 Å². The molecular weight excluding hydrogens is 275 g/mol. The van der Waals surface area contributed by atoms with Crippen LogP contribution in [0.15, 0.2) is 36.4 Å². The maximum Gasteiger partial charge on any atom is 0.573 e. The molecule has 0 radical (unpaired) electrons. The van der Waals surface area contributed by atoms with Crippen molar-refractivity contribution in [1.82, 2.24) is 0 Å². The van der Waals surface area contributed by atoms with E-state index in [-0.39, 0.29) is 5.75 Å². The minimum atomic E-state index is -4.65. The van der Waals surface area contributed by atoms with Crippen LogP contribution in [0.3, 0.4) is 0 Å². The molecule has 0 aliphatic heterocycles. The Kier molecular flexibility index (Phi) is 3.99. The number of anilines is 1. The SMILES string of the molecule is Cc1ccc(CNc2ccc(OC(F)(F)F)cc2)s1. The zero-order valence-electron chi connectivity index (χ0n) is 10.1. The minimum Gasteiger partial charge on any atom is -0.406 e. The predicted octanol–water partition coefficient (Wildman–Crippen LogP) is 4.57. The molecule has 0 spiro atoms. The van der Waals surface area contributed by atoms with Crippen LogP contribution in [0.4, 0.5) is 18.9 Å². The molecule has 102 valence electrons. The summed E-state index contributed by atoms with van der Waals surface area (Å²) in [5.74, 6) is -0.218. The largest absolute Gasteiger partial charge is 0.573 e. The number of thiophene rings is 1. The lowest BCUT2D eigenvalue weighted by atomic mass is 10.3. The lowest BCUT2D eigenvalue weighted by Crippen LogP contribution is -2.17. The maximum absolute atomic E-state index is 12.0. The van der Waals surface area contributed by atoms with Gasteiger partial charge in [0.15, 0.2) is 0 Å². The number of halogens is 3. The van der Waals surface area contributed by atoms with Crippen molar-refractivity contribution in [3.05, 3.63) is 46.2 Å². The van der Waals surface area contributed by atoms with Crippen LogP contribution in [0.2, 0.25) is 0 Å². The molecule has 1 aromatic heterocycles. The van der Waals surface area contributed by atoms with Crippen molar-refractivity contribution in [3.63, 3.8) is 0 Å². The van der Waals surface area contributed by atoms with Gasteiger partial charge in [0.05, 0.1) is 0 Å². The molecule has 0 saturated carbocycles. The van der Waals surface area contributed by atoms with Crippen molar-refractivity contribution in [2.45, 2.75) is 19.8 Å². The van der Waals surface area contributed by atoms with E-state index in [0.29, 0.717) is 6.54 Å². The molecule has 0 bridgehead atoms. The molecule has 0 unspecified atom stereocenters. The number of benzene rings is 1. The van der Waals surface area contributed by atoms with E-state index in [1.165, 1.54) is 21.9 Å². The molecule has 0 fully saturated rings. The summed E-state index contributed by atoms with van der Waals surface area (Å²) in [6.07, 6.45) is -4.65. The van der Waals surface area contributed by atoms with Gasteiger partial charge in [0.25, 0.3) is 0 Å². The summed E-state index contributed by atoms with van der Waals surface area (Å²) in [6.45, 7) is 2.68. The summed E-state index contributed by atoms with van der Waals surface area (Å²) >= 11 is 1.68. The summed E-state index contributed by atoms with van der Waals surface area (Å²) in [7, 11) is 0. The molecule has 19 heavy (non-hydrogen) atoms. The summed E-state index contributed by atoms with van der Waals surface area (Å²) in [6, 6.07) is 9.74. The highest BCUT2D eigenvalue weighted by molar-refractivity contribution is 7.11.